The smallest absolute Gasteiger partial charge is 0.233 e. The Hall–Kier alpha value is -2.33. The van der Waals surface area contributed by atoms with E-state index < -0.39 is 0 Å². The monoisotopic (exact) mass is 268 g/mol. The van der Waals surface area contributed by atoms with Crippen molar-refractivity contribution in [2.75, 3.05) is 6.79 Å². The summed E-state index contributed by atoms with van der Waals surface area (Å²) in [5, 5.41) is 3.31. The van der Waals surface area contributed by atoms with Gasteiger partial charge >= 0.3 is 0 Å². The number of ether oxygens (including phenoxy) is 2. The van der Waals surface area contributed by atoms with E-state index in [-0.39, 0.29) is 6.79 Å². The van der Waals surface area contributed by atoms with Gasteiger partial charge in [-0.2, -0.15) is 0 Å². The number of rotatable bonds is 5. The van der Waals surface area contributed by atoms with Gasteiger partial charge in [0.1, 0.15) is 0 Å². The lowest BCUT2D eigenvalue weighted by Gasteiger charge is -2.07. The summed E-state index contributed by atoms with van der Waals surface area (Å²) < 4.78 is 10.6. The Balaban J connectivity index is 1.61. The first-order valence-corrected chi connectivity index (χ1v) is 6.42. The maximum absolute atomic E-state index is 10.8. The lowest BCUT2D eigenvalue weighted by atomic mass is 10.1. The summed E-state index contributed by atoms with van der Waals surface area (Å²) in [6.07, 6.45) is 1.95. The molecular weight excluding hydrogens is 254 g/mol. The Labute approximate surface area is 117 Å². The van der Waals surface area contributed by atoms with Crippen molar-refractivity contribution in [2.45, 2.75) is 13.1 Å². The van der Waals surface area contributed by atoms with E-state index >= 15 is 0 Å². The SMILES string of the molecule is O=[C]c1ccccc1CNCc1ccc2c(c1)OCO2. The van der Waals surface area contributed by atoms with E-state index in [1.54, 1.807) is 6.07 Å². The number of hydrogen-bond donors (Lipinski definition) is 1. The standard InChI is InChI=1S/C16H14NO3/c18-10-14-4-2-1-3-13(14)9-17-8-12-5-6-15-16(7-12)20-11-19-15/h1-7,17H,8-9,11H2. The maximum atomic E-state index is 10.8. The first kappa shape index (κ1) is 12.7. The van der Waals surface area contributed by atoms with E-state index in [0.29, 0.717) is 18.7 Å². The molecule has 0 unspecified atom stereocenters. The number of benzene rings is 2. The van der Waals surface area contributed by atoms with Crippen LogP contribution < -0.4 is 14.8 Å². The zero-order valence-corrected chi connectivity index (χ0v) is 10.9. The molecule has 1 N–H and O–H groups in total. The van der Waals surface area contributed by atoms with Crippen molar-refractivity contribution >= 4 is 6.29 Å². The van der Waals surface area contributed by atoms with Gasteiger partial charge in [-0.1, -0.05) is 30.3 Å². The second-order valence-corrected chi connectivity index (χ2v) is 4.55. The lowest BCUT2D eigenvalue weighted by molar-refractivity contribution is 0.174. The van der Waals surface area contributed by atoms with Gasteiger partial charge in [0.25, 0.3) is 0 Å². The van der Waals surface area contributed by atoms with E-state index in [2.05, 4.69) is 5.32 Å². The maximum Gasteiger partial charge on any atom is 0.233 e. The first-order chi connectivity index (χ1) is 9.86. The molecular formula is C16H14NO3. The summed E-state index contributed by atoms with van der Waals surface area (Å²) in [5.41, 5.74) is 2.66. The van der Waals surface area contributed by atoms with Crippen LogP contribution in [0.3, 0.4) is 0 Å². The van der Waals surface area contributed by atoms with E-state index in [1.807, 2.05) is 42.7 Å². The van der Waals surface area contributed by atoms with Crippen LogP contribution in [0.1, 0.15) is 16.7 Å². The third-order valence-electron chi connectivity index (χ3n) is 3.21. The third kappa shape index (κ3) is 2.65. The predicted molar refractivity (Wildman–Crippen MR) is 74.3 cm³/mol. The van der Waals surface area contributed by atoms with Crippen molar-refractivity contribution in [1.82, 2.24) is 5.32 Å². The minimum atomic E-state index is 0.286. The second-order valence-electron chi connectivity index (χ2n) is 4.55. The minimum Gasteiger partial charge on any atom is -0.454 e. The molecule has 1 radical (unpaired) electrons. The Morgan fingerprint density at radius 2 is 1.90 bits per heavy atom. The van der Waals surface area contributed by atoms with Gasteiger partial charge in [0.2, 0.25) is 13.1 Å². The van der Waals surface area contributed by atoms with Gasteiger partial charge in [0.15, 0.2) is 11.5 Å². The molecule has 0 amide bonds. The molecule has 0 aromatic heterocycles. The molecule has 0 saturated carbocycles. The molecule has 0 saturated heterocycles. The van der Waals surface area contributed by atoms with Crippen LogP contribution in [0.4, 0.5) is 0 Å². The number of fused-ring (bicyclic) bond motifs is 1. The molecule has 2 aromatic rings. The molecule has 2 aromatic carbocycles. The number of carbonyl (C=O) groups excluding carboxylic acids is 1. The average molecular weight is 268 g/mol. The summed E-state index contributed by atoms with van der Waals surface area (Å²) in [7, 11) is 0. The van der Waals surface area contributed by atoms with E-state index in [0.717, 1.165) is 22.6 Å². The third-order valence-corrected chi connectivity index (χ3v) is 3.21. The fraction of sp³-hybridized carbons (Fsp3) is 0.188. The molecule has 0 bridgehead atoms. The minimum absolute atomic E-state index is 0.286. The fourth-order valence-electron chi connectivity index (χ4n) is 2.17. The summed E-state index contributed by atoms with van der Waals surface area (Å²) in [6, 6.07) is 13.3. The van der Waals surface area contributed by atoms with Crippen molar-refractivity contribution in [3.8, 4) is 11.5 Å². The lowest BCUT2D eigenvalue weighted by Crippen LogP contribution is -2.13. The van der Waals surface area contributed by atoms with Crippen molar-refractivity contribution < 1.29 is 14.3 Å². The molecule has 4 heteroatoms. The molecule has 0 atom stereocenters. The van der Waals surface area contributed by atoms with Gasteiger partial charge in [-0.15, -0.1) is 0 Å². The molecule has 1 aliphatic rings. The van der Waals surface area contributed by atoms with Crippen LogP contribution in [0.2, 0.25) is 0 Å². The van der Waals surface area contributed by atoms with Gasteiger partial charge in [-0.05, 0) is 23.3 Å². The molecule has 20 heavy (non-hydrogen) atoms. The van der Waals surface area contributed by atoms with Gasteiger partial charge in [-0.3, -0.25) is 4.79 Å². The van der Waals surface area contributed by atoms with Crippen molar-refractivity contribution in [1.29, 1.82) is 0 Å². The molecule has 3 rings (SSSR count). The van der Waals surface area contributed by atoms with Crippen LogP contribution >= 0.6 is 0 Å². The van der Waals surface area contributed by atoms with E-state index in [4.69, 9.17) is 9.47 Å². The van der Waals surface area contributed by atoms with E-state index in [1.165, 1.54) is 0 Å². The molecule has 4 nitrogen and oxygen atoms in total. The highest BCUT2D eigenvalue weighted by atomic mass is 16.7. The van der Waals surface area contributed by atoms with Crippen LogP contribution in [0.25, 0.3) is 0 Å². The topological polar surface area (TPSA) is 47.6 Å². The zero-order chi connectivity index (χ0) is 13.8. The van der Waals surface area contributed by atoms with Crippen molar-refractivity contribution in [3.63, 3.8) is 0 Å². The highest BCUT2D eigenvalue weighted by Crippen LogP contribution is 2.32. The molecule has 101 valence electrons. The molecule has 0 aliphatic carbocycles. The highest BCUT2D eigenvalue weighted by Gasteiger charge is 2.12. The zero-order valence-electron chi connectivity index (χ0n) is 10.9. The summed E-state index contributed by atoms with van der Waals surface area (Å²) in [6.45, 7) is 1.61. The Kier molecular flexibility index (Phi) is 3.65. The van der Waals surface area contributed by atoms with Gasteiger partial charge in [0, 0.05) is 18.7 Å². The predicted octanol–water partition coefficient (Wildman–Crippen LogP) is 2.16. The number of hydrogen-bond acceptors (Lipinski definition) is 4. The van der Waals surface area contributed by atoms with E-state index in [9.17, 15) is 4.79 Å². The molecule has 0 spiro atoms. The Morgan fingerprint density at radius 1 is 1.05 bits per heavy atom. The molecule has 1 aliphatic heterocycles. The normalized spacial score (nSPS) is 12.4. The van der Waals surface area contributed by atoms with Gasteiger partial charge < -0.3 is 14.8 Å². The Bertz CT molecular complexity index is 625. The largest absolute Gasteiger partial charge is 0.454 e. The van der Waals surface area contributed by atoms with Gasteiger partial charge in [-0.25, -0.2) is 0 Å². The fourth-order valence-corrected chi connectivity index (χ4v) is 2.17. The van der Waals surface area contributed by atoms with Crippen LogP contribution in [0.5, 0.6) is 11.5 Å². The van der Waals surface area contributed by atoms with Crippen molar-refractivity contribution in [2.24, 2.45) is 0 Å². The van der Waals surface area contributed by atoms with Gasteiger partial charge in [0.05, 0.1) is 0 Å². The quantitative estimate of drug-likeness (QED) is 0.902. The van der Waals surface area contributed by atoms with Crippen LogP contribution in [0, 0.1) is 0 Å². The average Bonchev–Trinajstić information content (AvgIpc) is 2.95. The first-order valence-electron chi connectivity index (χ1n) is 6.42. The summed E-state index contributed by atoms with van der Waals surface area (Å²) >= 11 is 0. The Morgan fingerprint density at radius 3 is 2.80 bits per heavy atom. The second kappa shape index (κ2) is 5.75. The molecule has 1 heterocycles. The summed E-state index contributed by atoms with van der Waals surface area (Å²) in [5.74, 6) is 1.57. The van der Waals surface area contributed by atoms with Crippen LogP contribution in [-0.4, -0.2) is 13.1 Å². The summed E-state index contributed by atoms with van der Waals surface area (Å²) in [4.78, 5) is 10.8. The van der Waals surface area contributed by atoms with Crippen molar-refractivity contribution in [3.05, 3.63) is 59.2 Å². The van der Waals surface area contributed by atoms with Crippen LogP contribution in [-0.2, 0) is 17.9 Å². The highest BCUT2D eigenvalue weighted by molar-refractivity contribution is 5.77. The van der Waals surface area contributed by atoms with Crippen LogP contribution in [0.15, 0.2) is 42.5 Å². The molecule has 0 fully saturated rings. The number of nitrogens with one attached hydrogen (secondary N) is 1.